The fourth-order valence-electron chi connectivity index (χ4n) is 4.96. The van der Waals surface area contributed by atoms with Gasteiger partial charge in [-0.1, -0.05) is 29.8 Å². The molecule has 11 heteroatoms. The van der Waals surface area contributed by atoms with Crippen LogP contribution in [0, 0.1) is 0 Å². The van der Waals surface area contributed by atoms with E-state index >= 15 is 0 Å². The van der Waals surface area contributed by atoms with Gasteiger partial charge in [0.25, 0.3) is 0 Å². The molecule has 1 fully saturated rings. The van der Waals surface area contributed by atoms with E-state index in [-0.39, 0.29) is 12.6 Å². The van der Waals surface area contributed by atoms with Gasteiger partial charge in [-0.15, -0.1) is 0 Å². The van der Waals surface area contributed by atoms with Gasteiger partial charge < -0.3 is 29.6 Å². The first-order chi connectivity index (χ1) is 18.9. The average Bonchev–Trinajstić information content (AvgIpc) is 2.93. The Balaban J connectivity index is 1.49. The molecule has 0 spiro atoms. The molecule has 39 heavy (non-hydrogen) atoms. The van der Waals surface area contributed by atoms with Gasteiger partial charge >= 0.3 is 12.0 Å². The fraction of sp³-hybridized carbons (Fsp3) is 0.429. The molecule has 0 aliphatic carbocycles. The van der Waals surface area contributed by atoms with Crippen molar-refractivity contribution in [1.82, 2.24) is 20.4 Å². The number of carbonyl (C=O) groups excluding carboxylic acids is 2. The van der Waals surface area contributed by atoms with Crippen LogP contribution in [0.5, 0.6) is 17.2 Å². The number of benzene rings is 2. The van der Waals surface area contributed by atoms with E-state index in [4.69, 9.17) is 30.5 Å². The standard InChI is InChI=1S/C28H35ClN4O6/c1-5-39-27(34)23-21(30-28(35)31-24(23)18-6-9-20(29)10-7-18)17-33-14-12-32(13-15-33)16-19-8-11-22(36-2)26(38-4)25(19)37-3/h6-11,24H,5,12-17H2,1-4H3,(H2,30,31,35). The first-order valence-electron chi connectivity index (χ1n) is 12.8. The number of esters is 1. The summed E-state index contributed by atoms with van der Waals surface area (Å²) in [6.45, 7) is 6.20. The van der Waals surface area contributed by atoms with Crippen molar-refractivity contribution in [2.75, 3.05) is 60.7 Å². The molecule has 2 aromatic carbocycles. The highest BCUT2D eigenvalue weighted by atomic mass is 35.5. The maximum absolute atomic E-state index is 13.1. The van der Waals surface area contributed by atoms with Crippen molar-refractivity contribution in [2.24, 2.45) is 0 Å². The van der Waals surface area contributed by atoms with E-state index < -0.39 is 12.0 Å². The second-order valence-corrected chi connectivity index (χ2v) is 9.68. The molecule has 10 nitrogen and oxygen atoms in total. The van der Waals surface area contributed by atoms with Gasteiger partial charge in [-0.25, -0.2) is 9.59 Å². The van der Waals surface area contributed by atoms with E-state index in [1.807, 2.05) is 12.1 Å². The van der Waals surface area contributed by atoms with Gasteiger partial charge in [0.2, 0.25) is 5.75 Å². The van der Waals surface area contributed by atoms with Crippen molar-refractivity contribution in [3.05, 3.63) is 63.8 Å². The quantitative estimate of drug-likeness (QED) is 0.428. The van der Waals surface area contributed by atoms with Gasteiger partial charge in [-0.3, -0.25) is 9.80 Å². The summed E-state index contributed by atoms with van der Waals surface area (Å²) in [6.07, 6.45) is 0. The number of nitrogens with one attached hydrogen (secondary N) is 2. The van der Waals surface area contributed by atoms with Gasteiger partial charge in [-0.05, 0) is 30.7 Å². The number of hydrogen-bond donors (Lipinski definition) is 2. The fourth-order valence-corrected chi connectivity index (χ4v) is 5.08. The molecule has 2 aliphatic rings. The maximum atomic E-state index is 13.1. The largest absolute Gasteiger partial charge is 0.493 e. The summed E-state index contributed by atoms with van der Waals surface area (Å²) in [4.78, 5) is 30.2. The molecule has 2 amide bonds. The van der Waals surface area contributed by atoms with E-state index in [1.54, 1.807) is 52.5 Å². The summed E-state index contributed by atoms with van der Waals surface area (Å²) < 4.78 is 21.9. The molecule has 2 heterocycles. The summed E-state index contributed by atoms with van der Waals surface area (Å²) >= 11 is 6.06. The van der Waals surface area contributed by atoms with Crippen molar-refractivity contribution in [3.63, 3.8) is 0 Å². The molecular formula is C28H35ClN4O6. The number of amides is 2. The molecule has 1 atom stereocenters. The molecule has 2 N–H and O–H groups in total. The molecule has 0 saturated carbocycles. The normalized spacial score (nSPS) is 18.3. The zero-order valence-electron chi connectivity index (χ0n) is 22.7. The van der Waals surface area contributed by atoms with Crippen LogP contribution in [0.1, 0.15) is 24.1 Å². The Bertz CT molecular complexity index is 1210. The predicted octanol–water partition coefficient (Wildman–Crippen LogP) is 3.35. The van der Waals surface area contributed by atoms with Crippen LogP contribution < -0.4 is 24.8 Å². The lowest BCUT2D eigenvalue weighted by Gasteiger charge is -2.37. The second-order valence-electron chi connectivity index (χ2n) is 9.24. The highest BCUT2D eigenvalue weighted by Crippen LogP contribution is 2.40. The third-order valence-electron chi connectivity index (χ3n) is 6.88. The van der Waals surface area contributed by atoms with Gasteiger partial charge in [-0.2, -0.15) is 0 Å². The first kappa shape index (κ1) is 28.5. The number of rotatable bonds is 10. The van der Waals surface area contributed by atoms with Crippen LogP contribution >= 0.6 is 11.6 Å². The molecule has 4 rings (SSSR count). The molecule has 2 aromatic rings. The smallest absolute Gasteiger partial charge is 0.338 e. The van der Waals surface area contributed by atoms with Crippen LogP contribution in [0.15, 0.2) is 47.7 Å². The zero-order valence-corrected chi connectivity index (χ0v) is 23.5. The van der Waals surface area contributed by atoms with E-state index in [0.717, 1.165) is 37.3 Å². The number of methoxy groups -OCH3 is 3. The van der Waals surface area contributed by atoms with Gasteiger partial charge in [0.15, 0.2) is 11.5 Å². The Hall–Kier alpha value is -3.47. The monoisotopic (exact) mass is 558 g/mol. The third kappa shape index (κ3) is 6.58. The minimum Gasteiger partial charge on any atom is -0.493 e. The van der Waals surface area contributed by atoms with Crippen molar-refractivity contribution < 1.29 is 28.5 Å². The lowest BCUT2D eigenvalue weighted by molar-refractivity contribution is -0.139. The predicted molar refractivity (Wildman–Crippen MR) is 147 cm³/mol. The Labute approximate surface area is 233 Å². The highest BCUT2D eigenvalue weighted by molar-refractivity contribution is 6.30. The maximum Gasteiger partial charge on any atom is 0.338 e. The minimum absolute atomic E-state index is 0.231. The van der Waals surface area contributed by atoms with Crippen LogP contribution in [0.4, 0.5) is 4.79 Å². The zero-order chi connectivity index (χ0) is 27.9. The summed E-state index contributed by atoms with van der Waals surface area (Å²) in [5.74, 6) is 1.40. The Morgan fingerprint density at radius 1 is 0.923 bits per heavy atom. The van der Waals surface area contributed by atoms with Crippen LogP contribution in [-0.2, 0) is 16.1 Å². The topological polar surface area (TPSA) is 102 Å². The molecule has 0 aromatic heterocycles. The average molecular weight is 559 g/mol. The van der Waals surface area contributed by atoms with E-state index in [9.17, 15) is 9.59 Å². The first-order valence-corrected chi connectivity index (χ1v) is 13.2. The van der Waals surface area contributed by atoms with Gasteiger partial charge in [0.05, 0.1) is 39.6 Å². The Morgan fingerprint density at radius 3 is 2.15 bits per heavy atom. The number of urea groups is 1. The lowest BCUT2D eigenvalue weighted by Crippen LogP contribution is -2.51. The summed E-state index contributed by atoms with van der Waals surface area (Å²) in [5, 5.41) is 6.29. The summed E-state index contributed by atoms with van der Waals surface area (Å²) in [5.41, 5.74) is 2.71. The Morgan fingerprint density at radius 2 is 1.56 bits per heavy atom. The third-order valence-corrected chi connectivity index (χ3v) is 7.13. The molecule has 0 radical (unpaired) electrons. The van der Waals surface area contributed by atoms with E-state index in [2.05, 4.69) is 20.4 Å². The number of piperazine rings is 1. The van der Waals surface area contributed by atoms with Gasteiger partial charge in [0.1, 0.15) is 0 Å². The second kappa shape index (κ2) is 13.1. The lowest BCUT2D eigenvalue weighted by atomic mass is 9.95. The van der Waals surface area contributed by atoms with Crippen molar-refractivity contribution >= 4 is 23.6 Å². The van der Waals surface area contributed by atoms with Crippen LogP contribution in [0.25, 0.3) is 0 Å². The van der Waals surface area contributed by atoms with Crippen molar-refractivity contribution in [2.45, 2.75) is 19.5 Å². The van der Waals surface area contributed by atoms with Crippen molar-refractivity contribution in [3.8, 4) is 17.2 Å². The van der Waals surface area contributed by atoms with Crippen LogP contribution in [0.3, 0.4) is 0 Å². The molecule has 210 valence electrons. The number of carbonyl (C=O) groups is 2. The van der Waals surface area contributed by atoms with Crippen molar-refractivity contribution in [1.29, 1.82) is 0 Å². The highest BCUT2D eigenvalue weighted by Gasteiger charge is 2.34. The SMILES string of the molecule is CCOC(=O)C1=C(CN2CCN(Cc3ccc(OC)c(OC)c3OC)CC2)NC(=O)NC1c1ccc(Cl)cc1. The molecule has 1 saturated heterocycles. The number of ether oxygens (including phenoxy) is 4. The van der Waals surface area contributed by atoms with E-state index in [0.29, 0.717) is 46.6 Å². The van der Waals surface area contributed by atoms with Crippen LogP contribution in [-0.4, -0.2) is 82.5 Å². The molecular weight excluding hydrogens is 524 g/mol. The Kier molecular flexibility index (Phi) is 9.55. The number of halogens is 1. The minimum atomic E-state index is -0.635. The number of nitrogens with zero attached hydrogens (tertiary/aromatic N) is 2. The van der Waals surface area contributed by atoms with E-state index in [1.165, 1.54) is 0 Å². The molecule has 1 unspecified atom stereocenters. The summed E-state index contributed by atoms with van der Waals surface area (Å²) in [6, 6.07) is 9.95. The summed E-state index contributed by atoms with van der Waals surface area (Å²) in [7, 11) is 4.82. The van der Waals surface area contributed by atoms with Gasteiger partial charge in [0, 0.05) is 55.6 Å². The number of hydrogen-bond acceptors (Lipinski definition) is 8. The van der Waals surface area contributed by atoms with Crippen LogP contribution in [0.2, 0.25) is 5.02 Å². The molecule has 2 aliphatic heterocycles. The molecule has 0 bridgehead atoms.